The van der Waals surface area contributed by atoms with Crippen LogP contribution in [-0.2, 0) is 4.79 Å². The van der Waals surface area contributed by atoms with E-state index in [0.29, 0.717) is 33.6 Å². The average Bonchev–Trinajstić information content (AvgIpc) is 3.21. The molecule has 2 aromatic heterocycles. The van der Waals surface area contributed by atoms with Gasteiger partial charge in [-0.2, -0.15) is 0 Å². The summed E-state index contributed by atoms with van der Waals surface area (Å²) in [6, 6.07) is 14.0. The predicted octanol–water partition coefficient (Wildman–Crippen LogP) is 5.81. The van der Waals surface area contributed by atoms with Gasteiger partial charge in [0.25, 0.3) is 0 Å². The van der Waals surface area contributed by atoms with Crippen LogP contribution in [0.1, 0.15) is 24.2 Å². The second-order valence-electron chi connectivity index (χ2n) is 6.46. The van der Waals surface area contributed by atoms with Crippen LogP contribution in [0.5, 0.6) is 0 Å². The van der Waals surface area contributed by atoms with Crippen LogP contribution < -0.4 is 0 Å². The van der Waals surface area contributed by atoms with E-state index in [4.69, 9.17) is 16.1 Å². The molecule has 2 heterocycles. The van der Waals surface area contributed by atoms with Crippen molar-refractivity contribution in [2.24, 2.45) is 0 Å². The monoisotopic (exact) mass is 382 g/mol. The molecule has 1 unspecified atom stereocenters. The maximum absolute atomic E-state index is 13.9. The summed E-state index contributed by atoms with van der Waals surface area (Å²) < 4.78 is 19.4. The van der Waals surface area contributed by atoms with E-state index in [0.717, 1.165) is 11.1 Å². The summed E-state index contributed by atoms with van der Waals surface area (Å²) in [7, 11) is 0. The smallest absolute Gasteiger partial charge is 0.228 e. The largest absolute Gasteiger partial charge is 0.360 e. The summed E-state index contributed by atoms with van der Waals surface area (Å²) >= 11 is 5.80. The summed E-state index contributed by atoms with van der Waals surface area (Å²) in [4.78, 5) is 15.3. The van der Waals surface area contributed by atoms with Gasteiger partial charge in [-0.25, -0.2) is 4.39 Å². The number of carbonyl (C=O) groups excluding carboxylic acids is 1. The molecule has 6 heteroatoms. The first-order valence-corrected chi connectivity index (χ1v) is 8.87. The van der Waals surface area contributed by atoms with Gasteiger partial charge in [-0.3, -0.25) is 4.79 Å². The first-order chi connectivity index (χ1) is 13.0. The molecule has 4 aromatic rings. The zero-order chi connectivity index (χ0) is 19.1. The normalized spacial score (nSPS) is 12.4. The fourth-order valence-electron chi connectivity index (χ4n) is 3.41. The molecule has 4 rings (SSSR count). The Bertz CT molecular complexity index is 1150. The van der Waals surface area contributed by atoms with E-state index in [2.05, 4.69) is 10.1 Å². The number of H-pyrrole nitrogens is 1. The van der Waals surface area contributed by atoms with E-state index >= 15 is 0 Å². The van der Waals surface area contributed by atoms with Crippen molar-refractivity contribution in [3.63, 3.8) is 0 Å². The third-order valence-electron chi connectivity index (χ3n) is 4.73. The molecule has 27 heavy (non-hydrogen) atoms. The summed E-state index contributed by atoms with van der Waals surface area (Å²) in [6.45, 7) is 3.51. The molecule has 136 valence electrons. The maximum atomic E-state index is 13.9. The molecule has 4 nitrogen and oxygen atoms in total. The van der Waals surface area contributed by atoms with Crippen LogP contribution in [0.3, 0.4) is 0 Å². The Balaban J connectivity index is 2.05. The third kappa shape index (κ3) is 2.94. The maximum Gasteiger partial charge on any atom is 0.228 e. The summed E-state index contributed by atoms with van der Waals surface area (Å²) in [5, 5.41) is 4.31. The molecule has 2 aromatic carbocycles. The van der Waals surface area contributed by atoms with Crippen LogP contribution in [0.4, 0.5) is 4.39 Å². The Morgan fingerprint density at radius 3 is 2.67 bits per heavy atom. The second-order valence-corrected chi connectivity index (χ2v) is 6.83. The van der Waals surface area contributed by atoms with E-state index in [9.17, 15) is 9.18 Å². The molecule has 0 bridgehead atoms. The number of aromatic amines is 1. The standard InChI is InChI=1S/C21H16ClFN2O2/c1-11(21(22)26)17-15-10-14(23)8-9-16(15)24-20(17)18-12(2)27-25-19(18)13-6-4-3-5-7-13/h3-11,24H,1-2H3. The lowest BCUT2D eigenvalue weighted by atomic mass is 9.93. The van der Waals surface area contributed by atoms with E-state index in [1.54, 1.807) is 19.9 Å². The van der Waals surface area contributed by atoms with Crippen LogP contribution >= 0.6 is 11.6 Å². The van der Waals surface area contributed by atoms with Gasteiger partial charge in [0.2, 0.25) is 5.24 Å². The number of fused-ring (bicyclic) bond motifs is 1. The molecule has 0 fully saturated rings. The van der Waals surface area contributed by atoms with Gasteiger partial charge in [0.05, 0.1) is 17.2 Å². The highest BCUT2D eigenvalue weighted by atomic mass is 35.5. The van der Waals surface area contributed by atoms with Gasteiger partial charge < -0.3 is 9.51 Å². The molecule has 0 radical (unpaired) electrons. The molecule has 0 saturated carbocycles. The molecule has 1 atom stereocenters. The first kappa shape index (κ1) is 17.5. The summed E-state index contributed by atoms with van der Waals surface area (Å²) in [5.41, 5.74) is 4.27. The van der Waals surface area contributed by atoms with Crippen LogP contribution in [0.25, 0.3) is 33.4 Å². The molecule has 0 aliphatic carbocycles. The average molecular weight is 383 g/mol. The number of halogens is 2. The van der Waals surface area contributed by atoms with Gasteiger partial charge in [-0.05, 0) is 42.3 Å². The fraction of sp³-hybridized carbons (Fsp3) is 0.143. The number of nitrogens with zero attached hydrogens (tertiary/aromatic N) is 1. The summed E-state index contributed by atoms with van der Waals surface area (Å²) in [5.74, 6) is -0.416. The van der Waals surface area contributed by atoms with Gasteiger partial charge in [-0.1, -0.05) is 42.4 Å². The highest BCUT2D eigenvalue weighted by Crippen LogP contribution is 2.42. The Morgan fingerprint density at radius 2 is 1.96 bits per heavy atom. The van der Waals surface area contributed by atoms with Crippen molar-refractivity contribution in [2.75, 3.05) is 0 Å². The number of aromatic nitrogens is 2. The quantitative estimate of drug-likeness (QED) is 0.453. The van der Waals surface area contributed by atoms with Gasteiger partial charge in [0.1, 0.15) is 17.3 Å². The lowest BCUT2D eigenvalue weighted by molar-refractivity contribution is -0.112. The Hall–Kier alpha value is -2.92. The predicted molar refractivity (Wildman–Crippen MR) is 103 cm³/mol. The van der Waals surface area contributed by atoms with Crippen LogP contribution in [-0.4, -0.2) is 15.4 Å². The number of hydrogen-bond acceptors (Lipinski definition) is 3. The van der Waals surface area contributed by atoms with E-state index in [-0.39, 0.29) is 5.82 Å². The third-order valence-corrected chi connectivity index (χ3v) is 5.06. The lowest BCUT2D eigenvalue weighted by Gasteiger charge is -2.10. The van der Waals surface area contributed by atoms with Crippen molar-refractivity contribution in [1.82, 2.24) is 10.1 Å². The molecule has 0 saturated heterocycles. The highest BCUT2D eigenvalue weighted by Gasteiger charge is 2.27. The van der Waals surface area contributed by atoms with E-state index in [1.807, 2.05) is 30.3 Å². The van der Waals surface area contributed by atoms with Crippen molar-refractivity contribution >= 4 is 27.7 Å². The van der Waals surface area contributed by atoms with E-state index in [1.165, 1.54) is 12.1 Å². The number of nitrogens with one attached hydrogen (secondary N) is 1. The number of carbonyl (C=O) groups is 1. The number of hydrogen-bond donors (Lipinski definition) is 1. The number of aryl methyl sites for hydroxylation is 1. The zero-order valence-corrected chi connectivity index (χ0v) is 15.5. The Kier molecular flexibility index (Phi) is 4.32. The molecule has 0 spiro atoms. The molecule has 0 aliphatic rings. The van der Waals surface area contributed by atoms with Gasteiger partial charge >= 0.3 is 0 Å². The fourth-order valence-corrected chi connectivity index (χ4v) is 3.51. The van der Waals surface area contributed by atoms with Crippen LogP contribution in [0.2, 0.25) is 0 Å². The topological polar surface area (TPSA) is 58.9 Å². The SMILES string of the molecule is Cc1onc(-c2ccccc2)c1-c1[nH]c2ccc(F)cc2c1C(C)C(=O)Cl. The number of rotatable bonds is 4. The van der Waals surface area contributed by atoms with Gasteiger partial charge in [-0.15, -0.1) is 0 Å². The molecule has 1 N–H and O–H groups in total. The van der Waals surface area contributed by atoms with Crippen LogP contribution in [0, 0.1) is 12.7 Å². The minimum absolute atomic E-state index is 0.381. The first-order valence-electron chi connectivity index (χ1n) is 8.50. The van der Waals surface area contributed by atoms with Crippen molar-refractivity contribution in [1.29, 1.82) is 0 Å². The van der Waals surface area contributed by atoms with Gasteiger partial charge in [0.15, 0.2) is 0 Å². The van der Waals surface area contributed by atoms with Crippen molar-refractivity contribution in [3.05, 3.63) is 65.7 Å². The molecule has 0 amide bonds. The molecular weight excluding hydrogens is 367 g/mol. The summed E-state index contributed by atoms with van der Waals surface area (Å²) in [6.07, 6.45) is 0. The Labute approximate surface area is 159 Å². The van der Waals surface area contributed by atoms with Crippen molar-refractivity contribution in [3.8, 4) is 22.5 Å². The highest BCUT2D eigenvalue weighted by molar-refractivity contribution is 6.64. The number of benzene rings is 2. The van der Waals surface area contributed by atoms with Crippen molar-refractivity contribution in [2.45, 2.75) is 19.8 Å². The van der Waals surface area contributed by atoms with Crippen LogP contribution in [0.15, 0.2) is 53.1 Å². The van der Waals surface area contributed by atoms with Crippen molar-refractivity contribution < 1.29 is 13.7 Å². The molecule has 0 aliphatic heterocycles. The minimum Gasteiger partial charge on any atom is -0.360 e. The minimum atomic E-state index is -0.629. The molecular formula is C21H16ClFN2O2. The van der Waals surface area contributed by atoms with E-state index < -0.39 is 11.2 Å². The van der Waals surface area contributed by atoms with Gasteiger partial charge in [0, 0.05) is 16.5 Å². The Morgan fingerprint density at radius 1 is 1.22 bits per heavy atom. The lowest BCUT2D eigenvalue weighted by Crippen LogP contribution is -2.03. The second kappa shape index (κ2) is 6.67. The zero-order valence-electron chi connectivity index (χ0n) is 14.7.